The van der Waals surface area contributed by atoms with Crippen LogP contribution >= 0.6 is 0 Å². The van der Waals surface area contributed by atoms with Gasteiger partial charge in [-0.1, -0.05) is 32.8 Å². The monoisotopic (exact) mass is 320 g/mol. The minimum atomic E-state index is -0.969. The van der Waals surface area contributed by atoms with Gasteiger partial charge >= 0.3 is 5.97 Å². The molecule has 0 amide bonds. The number of hydrogen-bond acceptors (Lipinski definition) is 3. The Morgan fingerprint density at radius 2 is 1.65 bits per heavy atom. The quantitative estimate of drug-likeness (QED) is 0.622. The van der Waals surface area contributed by atoms with Crippen LogP contribution in [0.1, 0.15) is 58.9 Å². The Morgan fingerprint density at radius 1 is 1.09 bits per heavy atom. The van der Waals surface area contributed by atoms with Crippen molar-refractivity contribution in [1.29, 1.82) is 0 Å². The zero-order chi connectivity index (χ0) is 17.2. The highest BCUT2D eigenvalue weighted by molar-refractivity contribution is 5.85. The summed E-state index contributed by atoms with van der Waals surface area (Å²) >= 11 is 0. The highest BCUT2D eigenvalue weighted by Gasteiger charge is 2.12. The van der Waals surface area contributed by atoms with Gasteiger partial charge in [0.2, 0.25) is 0 Å². The molecule has 2 unspecified atom stereocenters. The summed E-state index contributed by atoms with van der Waals surface area (Å²) in [6.45, 7) is 8.32. The highest BCUT2D eigenvalue weighted by Crippen LogP contribution is 2.31. The smallest absolute Gasteiger partial charge is 0.328 e. The maximum Gasteiger partial charge on any atom is 0.328 e. The molecule has 0 aliphatic heterocycles. The van der Waals surface area contributed by atoms with Gasteiger partial charge in [0.05, 0.1) is 12.2 Å². The van der Waals surface area contributed by atoms with E-state index in [0.717, 1.165) is 37.3 Å². The van der Waals surface area contributed by atoms with Gasteiger partial charge in [-0.3, -0.25) is 0 Å². The summed E-state index contributed by atoms with van der Waals surface area (Å²) in [5.41, 5.74) is 0.779. The van der Waals surface area contributed by atoms with Crippen molar-refractivity contribution in [1.82, 2.24) is 0 Å². The van der Waals surface area contributed by atoms with E-state index in [4.69, 9.17) is 14.6 Å². The van der Waals surface area contributed by atoms with Crippen LogP contribution < -0.4 is 9.47 Å². The molecule has 0 fully saturated rings. The van der Waals surface area contributed by atoms with Crippen LogP contribution in [0, 0.1) is 0 Å². The minimum Gasteiger partial charge on any atom is -0.487 e. The third-order valence-electron chi connectivity index (χ3n) is 3.43. The fourth-order valence-corrected chi connectivity index (χ4v) is 2.35. The fraction of sp³-hybridized carbons (Fsp3) is 0.526. The van der Waals surface area contributed by atoms with E-state index < -0.39 is 5.97 Å². The molecule has 0 heterocycles. The number of benzene rings is 1. The van der Waals surface area contributed by atoms with Crippen molar-refractivity contribution in [3.8, 4) is 11.5 Å². The van der Waals surface area contributed by atoms with Crippen molar-refractivity contribution < 1.29 is 19.4 Å². The van der Waals surface area contributed by atoms with E-state index in [2.05, 4.69) is 13.8 Å². The van der Waals surface area contributed by atoms with Gasteiger partial charge in [-0.15, -0.1) is 0 Å². The number of hydrogen-bond donors (Lipinski definition) is 1. The van der Waals surface area contributed by atoms with Gasteiger partial charge in [-0.05, 0) is 50.5 Å². The lowest BCUT2D eigenvalue weighted by atomic mass is 10.1. The van der Waals surface area contributed by atoms with Crippen molar-refractivity contribution in [2.75, 3.05) is 0 Å². The molecule has 0 aliphatic rings. The first-order chi connectivity index (χ1) is 11.0. The second-order valence-corrected chi connectivity index (χ2v) is 5.81. The van der Waals surface area contributed by atoms with Gasteiger partial charge in [0.1, 0.15) is 0 Å². The summed E-state index contributed by atoms with van der Waals surface area (Å²) in [6, 6.07) is 5.52. The molecule has 1 aromatic carbocycles. The Kier molecular flexibility index (Phi) is 8.23. The number of carbonyl (C=O) groups is 1. The van der Waals surface area contributed by atoms with Gasteiger partial charge in [-0.25, -0.2) is 4.79 Å². The van der Waals surface area contributed by atoms with E-state index in [1.807, 2.05) is 32.0 Å². The van der Waals surface area contributed by atoms with Crippen LogP contribution in [0.3, 0.4) is 0 Å². The van der Waals surface area contributed by atoms with Gasteiger partial charge < -0.3 is 14.6 Å². The average Bonchev–Trinajstić information content (AvgIpc) is 2.48. The molecule has 1 aromatic rings. The number of carboxylic acid groups (broad SMARTS) is 1. The summed E-state index contributed by atoms with van der Waals surface area (Å²) in [4.78, 5) is 10.7. The molecule has 0 aromatic heterocycles. The third-order valence-corrected chi connectivity index (χ3v) is 3.43. The second kappa shape index (κ2) is 9.93. The SMILES string of the molecule is CCCC(C)Oc1ccc(C=CC(=O)O)cc1OC(C)CCC. The summed E-state index contributed by atoms with van der Waals surface area (Å²) in [5.74, 6) is 0.409. The van der Waals surface area contributed by atoms with Gasteiger partial charge in [0, 0.05) is 6.08 Å². The predicted octanol–water partition coefficient (Wildman–Crippen LogP) is 4.92. The van der Waals surface area contributed by atoms with Crippen LogP contribution in [0.4, 0.5) is 0 Å². The lowest BCUT2D eigenvalue weighted by Crippen LogP contribution is -2.15. The van der Waals surface area contributed by atoms with E-state index >= 15 is 0 Å². The Hall–Kier alpha value is -1.97. The first-order valence-corrected chi connectivity index (χ1v) is 8.34. The molecule has 1 rings (SSSR count). The Labute approximate surface area is 139 Å². The standard InChI is InChI=1S/C19H28O4/c1-5-7-14(3)22-17-11-9-16(10-12-19(20)21)13-18(17)23-15(4)8-6-2/h9-15H,5-8H2,1-4H3,(H,20,21). The van der Waals surface area contributed by atoms with Crippen LogP contribution in [0.2, 0.25) is 0 Å². The number of ether oxygens (including phenoxy) is 2. The van der Waals surface area contributed by atoms with E-state index in [-0.39, 0.29) is 12.2 Å². The fourth-order valence-electron chi connectivity index (χ4n) is 2.35. The third kappa shape index (κ3) is 7.22. The molecule has 1 N–H and O–H groups in total. The van der Waals surface area contributed by atoms with Crippen LogP contribution in [-0.2, 0) is 4.79 Å². The van der Waals surface area contributed by atoms with E-state index in [1.54, 1.807) is 6.08 Å². The van der Waals surface area contributed by atoms with Crippen molar-refractivity contribution in [3.63, 3.8) is 0 Å². The first kappa shape index (κ1) is 19.1. The minimum absolute atomic E-state index is 0.0857. The second-order valence-electron chi connectivity index (χ2n) is 5.81. The van der Waals surface area contributed by atoms with Gasteiger partial charge in [0.25, 0.3) is 0 Å². The first-order valence-electron chi connectivity index (χ1n) is 8.34. The topological polar surface area (TPSA) is 55.8 Å². The predicted molar refractivity (Wildman–Crippen MR) is 93.1 cm³/mol. The molecule has 0 saturated carbocycles. The molecular weight excluding hydrogens is 292 g/mol. The highest BCUT2D eigenvalue weighted by atomic mass is 16.5. The van der Waals surface area contributed by atoms with Crippen molar-refractivity contribution in [2.45, 2.75) is 65.6 Å². The number of aliphatic carboxylic acids is 1. The maximum atomic E-state index is 10.7. The molecule has 0 bridgehead atoms. The van der Waals surface area contributed by atoms with Crippen LogP contribution in [0.25, 0.3) is 6.08 Å². The van der Waals surface area contributed by atoms with E-state index in [9.17, 15) is 4.79 Å². The lowest BCUT2D eigenvalue weighted by Gasteiger charge is -2.20. The number of rotatable bonds is 10. The van der Waals surface area contributed by atoms with Crippen LogP contribution in [0.5, 0.6) is 11.5 Å². The summed E-state index contributed by atoms with van der Waals surface area (Å²) < 4.78 is 12.0. The normalized spacial score (nSPS) is 13.7. The lowest BCUT2D eigenvalue weighted by molar-refractivity contribution is -0.131. The van der Waals surface area contributed by atoms with Crippen molar-refractivity contribution in [3.05, 3.63) is 29.8 Å². The Morgan fingerprint density at radius 3 is 2.17 bits per heavy atom. The van der Waals surface area contributed by atoms with Crippen molar-refractivity contribution in [2.24, 2.45) is 0 Å². The maximum absolute atomic E-state index is 10.7. The molecule has 0 radical (unpaired) electrons. The molecule has 128 valence electrons. The van der Waals surface area contributed by atoms with Crippen molar-refractivity contribution >= 4 is 12.0 Å². The summed E-state index contributed by atoms with van der Waals surface area (Å²) in [5, 5.41) is 8.75. The Balaban J connectivity index is 2.99. The molecule has 4 nitrogen and oxygen atoms in total. The zero-order valence-corrected chi connectivity index (χ0v) is 14.5. The average molecular weight is 320 g/mol. The molecule has 23 heavy (non-hydrogen) atoms. The number of carboxylic acids is 1. The zero-order valence-electron chi connectivity index (χ0n) is 14.5. The summed E-state index contributed by atoms with van der Waals surface area (Å²) in [6.07, 6.45) is 6.91. The molecule has 0 spiro atoms. The van der Waals surface area contributed by atoms with E-state index in [0.29, 0.717) is 11.5 Å². The molecule has 2 atom stereocenters. The van der Waals surface area contributed by atoms with Crippen LogP contribution in [0.15, 0.2) is 24.3 Å². The molecule has 4 heteroatoms. The largest absolute Gasteiger partial charge is 0.487 e. The van der Waals surface area contributed by atoms with E-state index in [1.165, 1.54) is 0 Å². The van der Waals surface area contributed by atoms with Gasteiger partial charge in [0.15, 0.2) is 11.5 Å². The molecular formula is C19H28O4. The molecule has 0 saturated heterocycles. The summed E-state index contributed by atoms with van der Waals surface area (Å²) in [7, 11) is 0. The molecule has 0 aliphatic carbocycles. The van der Waals surface area contributed by atoms with Gasteiger partial charge in [-0.2, -0.15) is 0 Å². The van der Waals surface area contributed by atoms with Crippen LogP contribution in [-0.4, -0.2) is 23.3 Å². The Bertz CT molecular complexity index is 522.